The second-order valence-electron chi connectivity index (χ2n) is 7.71. The first-order valence-electron chi connectivity index (χ1n) is 8.84. The Hall–Kier alpha value is -2.43. The van der Waals surface area contributed by atoms with Crippen molar-refractivity contribution in [2.75, 3.05) is 0 Å². The third-order valence-electron chi connectivity index (χ3n) is 6.34. The van der Waals surface area contributed by atoms with Crippen molar-refractivity contribution >= 4 is 5.78 Å². The second kappa shape index (κ2) is 5.53. The summed E-state index contributed by atoms with van der Waals surface area (Å²) in [6.07, 6.45) is 4.93. The number of hydrogen-bond acceptors (Lipinski definition) is 3. The molecule has 0 amide bonds. The predicted octanol–water partition coefficient (Wildman–Crippen LogP) is 4.72. The van der Waals surface area contributed by atoms with E-state index >= 15 is 0 Å². The van der Waals surface area contributed by atoms with Crippen molar-refractivity contribution in [2.24, 2.45) is 5.41 Å². The standard InChI is InChI=1S/C21H20F2N2O/c1-4-6-17(26)21-10-9-13(20(21,2)3)12-11-16(24-25-19(12)21)18-14(22)7-5-8-15(18)23/h4-8,11,13H,9-10H2,1-3H3/b6-4+/t13-,21-/m0/s1. The fraction of sp³-hybridized carbons (Fsp3) is 0.381. The fourth-order valence-corrected chi connectivity index (χ4v) is 5.03. The van der Waals surface area contributed by atoms with Gasteiger partial charge in [0.2, 0.25) is 0 Å². The minimum atomic E-state index is -0.710. The van der Waals surface area contributed by atoms with Crippen LogP contribution in [0.2, 0.25) is 0 Å². The fourth-order valence-electron chi connectivity index (χ4n) is 5.03. The van der Waals surface area contributed by atoms with Crippen molar-refractivity contribution in [1.82, 2.24) is 10.2 Å². The van der Waals surface area contributed by atoms with Gasteiger partial charge in [-0.3, -0.25) is 4.79 Å². The lowest BCUT2D eigenvalue weighted by atomic mass is 9.66. The minimum absolute atomic E-state index is 0.0328. The highest BCUT2D eigenvalue weighted by molar-refractivity contribution is 6.01. The van der Waals surface area contributed by atoms with Gasteiger partial charge in [0.1, 0.15) is 11.6 Å². The Labute approximate surface area is 151 Å². The minimum Gasteiger partial charge on any atom is -0.294 e. The molecule has 1 aromatic heterocycles. The highest BCUT2D eigenvalue weighted by Gasteiger charge is 2.66. The first-order chi connectivity index (χ1) is 12.3. The molecule has 1 saturated carbocycles. The van der Waals surface area contributed by atoms with E-state index in [1.54, 1.807) is 18.2 Å². The molecule has 1 fully saturated rings. The van der Waals surface area contributed by atoms with Crippen LogP contribution in [0.3, 0.4) is 0 Å². The van der Waals surface area contributed by atoms with E-state index in [0.29, 0.717) is 5.69 Å². The van der Waals surface area contributed by atoms with Gasteiger partial charge in [0.25, 0.3) is 0 Å². The van der Waals surface area contributed by atoms with Crippen LogP contribution >= 0.6 is 0 Å². The molecule has 2 aliphatic rings. The predicted molar refractivity (Wildman–Crippen MR) is 94.6 cm³/mol. The summed E-state index contributed by atoms with van der Waals surface area (Å²) in [5.41, 5.74) is 0.550. The number of allylic oxidation sites excluding steroid dienone is 2. The van der Waals surface area contributed by atoms with Crippen LogP contribution in [0, 0.1) is 17.0 Å². The van der Waals surface area contributed by atoms with E-state index in [0.717, 1.165) is 18.4 Å². The van der Waals surface area contributed by atoms with E-state index in [2.05, 4.69) is 24.0 Å². The summed E-state index contributed by atoms with van der Waals surface area (Å²) < 4.78 is 28.3. The van der Waals surface area contributed by atoms with Crippen LogP contribution in [-0.2, 0) is 10.2 Å². The van der Waals surface area contributed by atoms with Crippen LogP contribution in [0.15, 0.2) is 36.4 Å². The summed E-state index contributed by atoms with van der Waals surface area (Å²) in [4.78, 5) is 13.0. The molecule has 2 aliphatic carbocycles. The molecule has 0 saturated heterocycles. The maximum absolute atomic E-state index is 14.2. The van der Waals surface area contributed by atoms with Crippen LogP contribution in [0.5, 0.6) is 0 Å². The molecule has 26 heavy (non-hydrogen) atoms. The largest absolute Gasteiger partial charge is 0.294 e. The Kier molecular flexibility index (Phi) is 3.62. The average Bonchev–Trinajstić information content (AvgIpc) is 2.97. The maximum atomic E-state index is 14.2. The molecular formula is C21H20F2N2O. The zero-order valence-electron chi connectivity index (χ0n) is 15.0. The van der Waals surface area contributed by atoms with Gasteiger partial charge in [0, 0.05) is 0 Å². The number of hydrogen-bond donors (Lipinski definition) is 0. The van der Waals surface area contributed by atoms with Crippen LogP contribution in [0.4, 0.5) is 8.78 Å². The Morgan fingerprint density at radius 2 is 1.92 bits per heavy atom. The third kappa shape index (κ3) is 1.94. The topological polar surface area (TPSA) is 42.9 Å². The molecule has 5 heteroatoms. The van der Waals surface area contributed by atoms with Crippen molar-refractivity contribution in [3.63, 3.8) is 0 Å². The molecule has 1 heterocycles. The zero-order chi connectivity index (χ0) is 18.7. The van der Waals surface area contributed by atoms with Crippen molar-refractivity contribution in [1.29, 1.82) is 0 Å². The lowest BCUT2D eigenvalue weighted by Gasteiger charge is -2.35. The van der Waals surface area contributed by atoms with Crippen molar-refractivity contribution in [2.45, 2.75) is 44.9 Å². The first kappa shape index (κ1) is 17.0. The van der Waals surface area contributed by atoms with Crippen molar-refractivity contribution < 1.29 is 13.6 Å². The van der Waals surface area contributed by atoms with Gasteiger partial charge in [-0.2, -0.15) is 5.10 Å². The monoisotopic (exact) mass is 354 g/mol. The molecule has 3 nitrogen and oxygen atoms in total. The van der Waals surface area contributed by atoms with E-state index in [4.69, 9.17) is 0 Å². The van der Waals surface area contributed by atoms with Crippen LogP contribution in [0.1, 0.15) is 50.8 Å². The molecule has 0 unspecified atom stereocenters. The first-order valence-corrected chi connectivity index (χ1v) is 8.84. The summed E-state index contributed by atoms with van der Waals surface area (Å²) in [7, 11) is 0. The van der Waals surface area contributed by atoms with Crippen LogP contribution < -0.4 is 0 Å². The van der Waals surface area contributed by atoms with Crippen molar-refractivity contribution in [3.05, 3.63) is 59.3 Å². The molecule has 0 radical (unpaired) electrons. The molecule has 4 rings (SSSR count). The van der Waals surface area contributed by atoms with E-state index in [1.165, 1.54) is 18.2 Å². The smallest absolute Gasteiger partial charge is 0.168 e. The van der Waals surface area contributed by atoms with Gasteiger partial charge >= 0.3 is 0 Å². The zero-order valence-corrected chi connectivity index (χ0v) is 15.0. The average molecular weight is 354 g/mol. The number of benzene rings is 1. The highest BCUT2D eigenvalue weighted by atomic mass is 19.1. The molecule has 2 aromatic rings. The third-order valence-corrected chi connectivity index (χ3v) is 6.34. The van der Waals surface area contributed by atoms with Gasteiger partial charge in [-0.25, -0.2) is 8.78 Å². The molecule has 1 aromatic carbocycles. The SMILES string of the molecule is C/C=C/C(=O)[C@@]12CC[C@@H](c3cc(-c4c(F)cccc4F)nnc31)C2(C)C. The molecule has 134 valence electrons. The normalized spacial score (nSPS) is 25.7. The Balaban J connectivity index is 1.92. The van der Waals surface area contributed by atoms with Gasteiger partial charge in [0.15, 0.2) is 5.78 Å². The molecule has 2 bridgehead atoms. The van der Waals surface area contributed by atoms with Gasteiger partial charge < -0.3 is 0 Å². The number of carbonyl (C=O) groups excluding carboxylic acids is 1. The Morgan fingerprint density at radius 1 is 1.23 bits per heavy atom. The summed E-state index contributed by atoms with van der Waals surface area (Å²) in [5, 5.41) is 8.44. The lowest BCUT2D eigenvalue weighted by Crippen LogP contribution is -2.42. The quantitative estimate of drug-likeness (QED) is 0.749. The van der Waals surface area contributed by atoms with Crippen LogP contribution in [0.25, 0.3) is 11.3 Å². The number of rotatable bonds is 3. The highest BCUT2D eigenvalue weighted by Crippen LogP contribution is 2.67. The number of aromatic nitrogens is 2. The number of halogens is 2. The van der Waals surface area contributed by atoms with E-state index < -0.39 is 17.0 Å². The van der Waals surface area contributed by atoms with Crippen LogP contribution in [-0.4, -0.2) is 16.0 Å². The van der Waals surface area contributed by atoms with E-state index in [-0.39, 0.29) is 28.4 Å². The van der Waals surface area contributed by atoms with Gasteiger partial charge in [-0.05, 0) is 60.9 Å². The van der Waals surface area contributed by atoms with E-state index in [9.17, 15) is 13.6 Å². The molecule has 0 aliphatic heterocycles. The summed E-state index contributed by atoms with van der Waals surface area (Å²) in [6.45, 7) is 5.98. The molecule has 0 N–H and O–H groups in total. The summed E-state index contributed by atoms with van der Waals surface area (Å²) >= 11 is 0. The molecule has 0 spiro atoms. The van der Waals surface area contributed by atoms with E-state index in [1.807, 2.05) is 6.92 Å². The lowest BCUT2D eigenvalue weighted by molar-refractivity contribution is -0.122. The number of ketones is 1. The summed E-state index contributed by atoms with van der Waals surface area (Å²) in [5.74, 6) is -1.18. The van der Waals surface area contributed by atoms with Gasteiger partial charge in [-0.1, -0.05) is 26.0 Å². The van der Waals surface area contributed by atoms with Gasteiger partial charge in [-0.15, -0.1) is 5.10 Å². The molecular weight excluding hydrogens is 334 g/mol. The maximum Gasteiger partial charge on any atom is 0.168 e. The number of carbonyl (C=O) groups is 1. The van der Waals surface area contributed by atoms with Gasteiger partial charge in [0.05, 0.1) is 22.4 Å². The molecule has 2 atom stereocenters. The Bertz CT molecular complexity index is 931. The Morgan fingerprint density at radius 3 is 2.58 bits per heavy atom. The number of nitrogens with zero attached hydrogens (tertiary/aromatic N) is 2. The summed E-state index contributed by atoms with van der Waals surface area (Å²) in [6, 6.07) is 5.46. The number of fused-ring (bicyclic) bond motifs is 5. The van der Waals surface area contributed by atoms with Crippen molar-refractivity contribution in [3.8, 4) is 11.3 Å². The second-order valence-corrected chi connectivity index (χ2v) is 7.71.